The largest absolute Gasteiger partial charge is 0.330 e. The van der Waals surface area contributed by atoms with Gasteiger partial charge in [-0.1, -0.05) is 62.4 Å². The van der Waals surface area contributed by atoms with Gasteiger partial charge in [0, 0.05) is 0 Å². The maximum Gasteiger partial charge on any atom is -0.000834 e. The molecule has 0 aliphatic heterocycles. The molecule has 0 aliphatic carbocycles. The van der Waals surface area contributed by atoms with Gasteiger partial charge in [0.15, 0.2) is 0 Å². The molecule has 0 radical (unpaired) electrons. The number of rotatable bonds is 7. The summed E-state index contributed by atoms with van der Waals surface area (Å²) in [5, 5.41) is 0. The minimum absolute atomic E-state index is 0.499. The molecule has 0 aromatic heterocycles. The lowest BCUT2D eigenvalue weighted by Gasteiger charge is -2.16. The molecule has 0 saturated heterocycles. The van der Waals surface area contributed by atoms with E-state index in [1.807, 2.05) is 0 Å². The van der Waals surface area contributed by atoms with Crippen LogP contribution in [0.3, 0.4) is 0 Å². The van der Waals surface area contributed by atoms with Crippen LogP contribution in [-0.4, -0.2) is 6.54 Å². The molecule has 0 aliphatic rings. The molecule has 0 spiro atoms. The van der Waals surface area contributed by atoms with Crippen molar-refractivity contribution < 1.29 is 0 Å². The van der Waals surface area contributed by atoms with Crippen LogP contribution in [0.15, 0.2) is 48.5 Å². The zero-order chi connectivity index (χ0) is 15.1. The van der Waals surface area contributed by atoms with Gasteiger partial charge in [0.2, 0.25) is 0 Å². The predicted octanol–water partition coefficient (Wildman–Crippen LogP) is 4.49. The molecule has 1 unspecified atom stereocenters. The zero-order valence-corrected chi connectivity index (χ0v) is 13.3. The Morgan fingerprint density at radius 1 is 0.905 bits per heavy atom. The Morgan fingerprint density at radius 3 is 2.29 bits per heavy atom. The topological polar surface area (TPSA) is 26.0 Å². The molecule has 1 heteroatoms. The second-order valence-electron chi connectivity index (χ2n) is 5.71. The molecule has 0 fully saturated rings. The van der Waals surface area contributed by atoms with Gasteiger partial charge < -0.3 is 5.73 Å². The Kier molecular flexibility index (Phi) is 6.01. The molecule has 1 atom stereocenters. The van der Waals surface area contributed by atoms with Crippen LogP contribution in [0.2, 0.25) is 0 Å². The highest BCUT2D eigenvalue weighted by Crippen LogP contribution is 2.23. The van der Waals surface area contributed by atoms with E-state index in [9.17, 15) is 0 Å². The lowest BCUT2D eigenvalue weighted by atomic mass is 9.90. The van der Waals surface area contributed by atoms with Crippen LogP contribution < -0.4 is 5.73 Å². The first-order chi connectivity index (χ1) is 10.3. The van der Waals surface area contributed by atoms with Crippen molar-refractivity contribution in [1.29, 1.82) is 0 Å². The van der Waals surface area contributed by atoms with E-state index in [4.69, 9.17) is 5.73 Å². The fraction of sp³-hybridized carbons (Fsp3) is 0.400. The molecule has 21 heavy (non-hydrogen) atoms. The van der Waals surface area contributed by atoms with E-state index in [0.717, 1.165) is 32.2 Å². The van der Waals surface area contributed by atoms with Gasteiger partial charge >= 0.3 is 0 Å². The summed E-state index contributed by atoms with van der Waals surface area (Å²) in [6.07, 6.45) is 4.44. The number of nitrogens with two attached hydrogens (primary N) is 1. The van der Waals surface area contributed by atoms with E-state index >= 15 is 0 Å². The second-order valence-corrected chi connectivity index (χ2v) is 5.71. The smallest absolute Gasteiger partial charge is 0.000834 e. The number of benzene rings is 2. The summed E-state index contributed by atoms with van der Waals surface area (Å²) in [6.45, 7) is 5.20. The summed E-state index contributed by atoms with van der Waals surface area (Å²) in [4.78, 5) is 0. The minimum Gasteiger partial charge on any atom is -0.330 e. The van der Waals surface area contributed by atoms with Gasteiger partial charge in [-0.15, -0.1) is 0 Å². The Balaban J connectivity index is 2.13. The third-order valence-corrected chi connectivity index (χ3v) is 4.39. The lowest BCUT2D eigenvalue weighted by Crippen LogP contribution is -2.12. The molecular weight excluding hydrogens is 254 g/mol. The molecular formula is C20H27N. The Morgan fingerprint density at radius 2 is 1.67 bits per heavy atom. The van der Waals surface area contributed by atoms with E-state index in [1.54, 1.807) is 0 Å². The van der Waals surface area contributed by atoms with Gasteiger partial charge in [-0.25, -0.2) is 0 Å². The van der Waals surface area contributed by atoms with Gasteiger partial charge in [-0.3, -0.25) is 0 Å². The number of hydrogen-bond acceptors (Lipinski definition) is 1. The highest BCUT2D eigenvalue weighted by Gasteiger charge is 2.10. The SMILES string of the molecule is CCc1cc(C(CC)CN)ccc1CCc1ccccc1. The minimum atomic E-state index is 0.499. The van der Waals surface area contributed by atoms with Crippen LogP contribution in [-0.2, 0) is 19.3 Å². The molecule has 2 rings (SSSR count). The van der Waals surface area contributed by atoms with Crippen LogP contribution in [0, 0.1) is 0 Å². The van der Waals surface area contributed by atoms with Crippen molar-refractivity contribution in [2.75, 3.05) is 6.54 Å². The molecule has 112 valence electrons. The Bertz CT molecular complexity index is 541. The fourth-order valence-electron chi connectivity index (χ4n) is 2.93. The molecule has 0 bridgehead atoms. The van der Waals surface area contributed by atoms with Crippen molar-refractivity contribution in [1.82, 2.24) is 0 Å². The maximum absolute atomic E-state index is 5.88. The quantitative estimate of drug-likeness (QED) is 0.795. The van der Waals surface area contributed by atoms with Crippen LogP contribution in [0.5, 0.6) is 0 Å². The Hall–Kier alpha value is -1.60. The number of hydrogen-bond donors (Lipinski definition) is 1. The summed E-state index contributed by atoms with van der Waals surface area (Å²) < 4.78 is 0. The molecule has 2 aromatic carbocycles. The van der Waals surface area contributed by atoms with Gasteiger partial charge in [0.1, 0.15) is 0 Å². The third kappa shape index (κ3) is 4.18. The van der Waals surface area contributed by atoms with Crippen molar-refractivity contribution in [3.63, 3.8) is 0 Å². The normalized spacial score (nSPS) is 12.3. The summed E-state index contributed by atoms with van der Waals surface area (Å²) >= 11 is 0. The molecule has 0 saturated carbocycles. The van der Waals surface area contributed by atoms with Gasteiger partial charge in [-0.2, -0.15) is 0 Å². The van der Waals surface area contributed by atoms with Gasteiger partial charge in [0.05, 0.1) is 0 Å². The van der Waals surface area contributed by atoms with E-state index in [0.29, 0.717) is 5.92 Å². The molecule has 0 amide bonds. The molecule has 2 aromatic rings. The van der Waals surface area contributed by atoms with Crippen molar-refractivity contribution in [2.24, 2.45) is 5.73 Å². The van der Waals surface area contributed by atoms with Crippen molar-refractivity contribution in [3.8, 4) is 0 Å². The zero-order valence-electron chi connectivity index (χ0n) is 13.3. The Labute approximate surface area is 129 Å². The second kappa shape index (κ2) is 7.99. The highest BCUT2D eigenvalue weighted by molar-refractivity contribution is 5.35. The fourth-order valence-corrected chi connectivity index (χ4v) is 2.93. The van der Waals surface area contributed by atoms with E-state index in [1.165, 1.54) is 22.3 Å². The standard InChI is InChI=1S/C20H27N/c1-3-17-14-20(18(4-2)15-21)13-12-19(17)11-10-16-8-6-5-7-9-16/h5-9,12-14,18H,3-4,10-11,15,21H2,1-2H3. The third-order valence-electron chi connectivity index (χ3n) is 4.39. The van der Waals surface area contributed by atoms with Gasteiger partial charge in [-0.05, 0) is 60.4 Å². The molecule has 0 heterocycles. The summed E-state index contributed by atoms with van der Waals surface area (Å²) in [5.74, 6) is 0.499. The highest BCUT2D eigenvalue weighted by atomic mass is 14.5. The molecule has 2 N–H and O–H groups in total. The first-order valence-electron chi connectivity index (χ1n) is 8.14. The average molecular weight is 281 g/mol. The predicted molar refractivity (Wildman–Crippen MR) is 91.8 cm³/mol. The summed E-state index contributed by atoms with van der Waals surface area (Å²) in [7, 11) is 0. The van der Waals surface area contributed by atoms with Crippen molar-refractivity contribution in [2.45, 2.75) is 45.4 Å². The monoisotopic (exact) mass is 281 g/mol. The summed E-state index contributed by atoms with van der Waals surface area (Å²) in [6, 6.07) is 17.7. The number of aryl methyl sites for hydroxylation is 3. The maximum atomic E-state index is 5.88. The van der Waals surface area contributed by atoms with Crippen molar-refractivity contribution >= 4 is 0 Å². The molecule has 1 nitrogen and oxygen atoms in total. The lowest BCUT2D eigenvalue weighted by molar-refractivity contribution is 0.672. The van der Waals surface area contributed by atoms with Gasteiger partial charge in [0.25, 0.3) is 0 Å². The van der Waals surface area contributed by atoms with Crippen LogP contribution in [0.1, 0.15) is 48.4 Å². The van der Waals surface area contributed by atoms with E-state index in [2.05, 4.69) is 62.4 Å². The first-order valence-corrected chi connectivity index (χ1v) is 8.14. The van der Waals surface area contributed by atoms with Crippen LogP contribution in [0.25, 0.3) is 0 Å². The van der Waals surface area contributed by atoms with Crippen molar-refractivity contribution in [3.05, 3.63) is 70.8 Å². The summed E-state index contributed by atoms with van der Waals surface area (Å²) in [5.41, 5.74) is 11.7. The average Bonchev–Trinajstić information content (AvgIpc) is 2.55. The van der Waals surface area contributed by atoms with E-state index < -0.39 is 0 Å². The van der Waals surface area contributed by atoms with E-state index in [-0.39, 0.29) is 0 Å². The first kappa shape index (κ1) is 15.8. The van der Waals surface area contributed by atoms with Crippen LogP contribution in [0.4, 0.5) is 0 Å². The van der Waals surface area contributed by atoms with Crippen LogP contribution >= 0.6 is 0 Å².